The van der Waals surface area contributed by atoms with Gasteiger partial charge in [-0.15, -0.1) is 0 Å². The van der Waals surface area contributed by atoms with Gasteiger partial charge in [0, 0.05) is 49.7 Å². The first-order valence-electron chi connectivity index (χ1n) is 12.7. The van der Waals surface area contributed by atoms with Gasteiger partial charge in [-0.25, -0.2) is 0 Å². The van der Waals surface area contributed by atoms with Crippen molar-refractivity contribution in [3.63, 3.8) is 0 Å². The molecule has 1 aliphatic rings. The van der Waals surface area contributed by atoms with E-state index in [0.717, 1.165) is 28.4 Å². The number of benzene rings is 3. The van der Waals surface area contributed by atoms with Crippen molar-refractivity contribution < 1.29 is 19.2 Å². The van der Waals surface area contributed by atoms with Gasteiger partial charge in [0.15, 0.2) is 0 Å². The fourth-order valence-corrected chi connectivity index (χ4v) is 5.21. The minimum Gasteiger partial charge on any atom is -0.497 e. The number of aromatic nitrogens is 1. The molecule has 0 atom stereocenters. The van der Waals surface area contributed by atoms with Crippen molar-refractivity contribution in [2.24, 2.45) is 0 Å². The standard InChI is InChI=1S/C30H27ClN4O5/c1-20-26(19-28(21-8-11-24(40-2)12-9-21)34(20)22-6-4-3-5-7-22)30(37)33-16-14-32(15-17-33)29(36)25-13-10-23(35(38)39)18-27(25)31/h3-13,18-19H,14-17H2,1-2H3. The molecule has 0 saturated carbocycles. The van der Waals surface area contributed by atoms with Crippen LogP contribution in [0.1, 0.15) is 26.4 Å². The predicted octanol–water partition coefficient (Wildman–Crippen LogP) is 5.62. The van der Waals surface area contributed by atoms with Gasteiger partial charge in [0.2, 0.25) is 0 Å². The van der Waals surface area contributed by atoms with E-state index in [2.05, 4.69) is 4.57 Å². The van der Waals surface area contributed by atoms with Crippen LogP contribution in [0.3, 0.4) is 0 Å². The third kappa shape index (κ3) is 5.15. The van der Waals surface area contributed by atoms with Crippen molar-refractivity contribution >= 4 is 29.1 Å². The second-order valence-electron chi connectivity index (χ2n) is 9.43. The van der Waals surface area contributed by atoms with Crippen molar-refractivity contribution in [2.45, 2.75) is 6.92 Å². The number of nitrogens with zero attached hydrogens (tertiary/aromatic N) is 4. The van der Waals surface area contributed by atoms with E-state index < -0.39 is 4.92 Å². The number of methoxy groups -OCH3 is 1. The molecule has 40 heavy (non-hydrogen) atoms. The number of hydrogen-bond donors (Lipinski definition) is 0. The summed E-state index contributed by atoms with van der Waals surface area (Å²) in [5, 5.41) is 11.0. The van der Waals surface area contributed by atoms with E-state index in [1.807, 2.05) is 67.6 Å². The molecule has 204 valence electrons. The summed E-state index contributed by atoms with van der Waals surface area (Å²) >= 11 is 6.17. The summed E-state index contributed by atoms with van der Waals surface area (Å²) in [6.07, 6.45) is 0. The SMILES string of the molecule is COc1ccc(-c2cc(C(=O)N3CCN(C(=O)c4ccc([N+](=O)[O-])cc4Cl)CC3)c(C)n2-c2ccccc2)cc1. The average Bonchev–Trinajstić information content (AvgIpc) is 3.33. The first kappa shape index (κ1) is 27.0. The van der Waals surface area contributed by atoms with Crippen LogP contribution in [0.25, 0.3) is 16.9 Å². The third-order valence-electron chi connectivity index (χ3n) is 7.13. The molecule has 0 aliphatic carbocycles. The van der Waals surface area contributed by atoms with Gasteiger partial charge in [-0.3, -0.25) is 19.7 Å². The molecular weight excluding hydrogens is 532 g/mol. The zero-order valence-corrected chi connectivity index (χ0v) is 22.8. The summed E-state index contributed by atoms with van der Waals surface area (Å²) < 4.78 is 7.39. The maximum atomic E-state index is 13.8. The Kier molecular flexibility index (Phi) is 7.57. The normalized spacial score (nSPS) is 13.3. The zero-order valence-electron chi connectivity index (χ0n) is 22.0. The molecule has 0 radical (unpaired) electrons. The largest absolute Gasteiger partial charge is 0.497 e. The molecule has 1 saturated heterocycles. The molecule has 0 N–H and O–H groups in total. The number of piperazine rings is 1. The van der Waals surface area contributed by atoms with Crippen LogP contribution in [0.5, 0.6) is 5.75 Å². The number of nitro groups is 1. The Labute approximate surface area is 236 Å². The van der Waals surface area contributed by atoms with E-state index in [9.17, 15) is 19.7 Å². The van der Waals surface area contributed by atoms with Gasteiger partial charge in [-0.2, -0.15) is 0 Å². The lowest BCUT2D eigenvalue weighted by Gasteiger charge is -2.35. The third-order valence-corrected chi connectivity index (χ3v) is 7.44. The van der Waals surface area contributed by atoms with E-state index in [1.54, 1.807) is 16.9 Å². The van der Waals surface area contributed by atoms with Crippen LogP contribution in [0.2, 0.25) is 5.02 Å². The first-order chi connectivity index (χ1) is 19.3. The molecule has 2 heterocycles. The molecule has 0 spiro atoms. The predicted molar refractivity (Wildman–Crippen MR) is 152 cm³/mol. The molecule has 5 rings (SSSR count). The molecule has 0 bridgehead atoms. The van der Waals surface area contributed by atoms with Crippen LogP contribution in [-0.2, 0) is 0 Å². The van der Waals surface area contributed by atoms with E-state index in [-0.39, 0.29) is 28.1 Å². The molecular formula is C30H27ClN4O5. The number of rotatable bonds is 6. The van der Waals surface area contributed by atoms with Gasteiger partial charge in [-0.1, -0.05) is 29.8 Å². The van der Waals surface area contributed by atoms with Crippen molar-refractivity contribution in [1.82, 2.24) is 14.4 Å². The summed E-state index contributed by atoms with van der Waals surface area (Å²) in [5.41, 5.74) is 4.21. The number of amides is 2. The number of carbonyl (C=O) groups excluding carboxylic acids is 2. The maximum absolute atomic E-state index is 13.8. The zero-order chi connectivity index (χ0) is 28.4. The fourth-order valence-electron chi connectivity index (χ4n) is 4.95. The Bertz CT molecular complexity index is 1580. The number of carbonyl (C=O) groups is 2. The Morgan fingerprint density at radius 2 is 1.45 bits per heavy atom. The molecule has 1 fully saturated rings. The van der Waals surface area contributed by atoms with Gasteiger partial charge in [0.1, 0.15) is 5.75 Å². The molecule has 4 aromatic rings. The second-order valence-corrected chi connectivity index (χ2v) is 9.84. The van der Waals surface area contributed by atoms with Gasteiger partial charge < -0.3 is 19.1 Å². The quantitative estimate of drug-likeness (QED) is 0.226. The molecule has 1 aliphatic heterocycles. The second kappa shape index (κ2) is 11.2. The smallest absolute Gasteiger partial charge is 0.270 e. The topological polar surface area (TPSA) is 97.9 Å². The molecule has 2 amide bonds. The number of para-hydroxylation sites is 1. The van der Waals surface area contributed by atoms with Gasteiger partial charge in [-0.05, 0) is 61.0 Å². The van der Waals surface area contributed by atoms with Gasteiger partial charge in [0.05, 0.1) is 33.9 Å². The summed E-state index contributed by atoms with van der Waals surface area (Å²) in [6, 6.07) is 23.3. The highest BCUT2D eigenvalue weighted by atomic mass is 35.5. The lowest BCUT2D eigenvalue weighted by Crippen LogP contribution is -2.50. The summed E-state index contributed by atoms with van der Waals surface area (Å²) in [4.78, 5) is 40.6. The minimum atomic E-state index is -0.558. The summed E-state index contributed by atoms with van der Waals surface area (Å²) in [6.45, 7) is 3.28. The minimum absolute atomic E-state index is 0.0293. The molecule has 10 heteroatoms. The van der Waals surface area contributed by atoms with E-state index in [4.69, 9.17) is 16.3 Å². The number of nitro benzene ring substituents is 1. The number of hydrogen-bond acceptors (Lipinski definition) is 5. The molecule has 9 nitrogen and oxygen atoms in total. The van der Waals surface area contributed by atoms with Crippen molar-refractivity contribution in [2.75, 3.05) is 33.3 Å². The number of non-ortho nitro benzene ring substituents is 1. The maximum Gasteiger partial charge on any atom is 0.270 e. The average molecular weight is 559 g/mol. The highest BCUT2D eigenvalue weighted by molar-refractivity contribution is 6.34. The first-order valence-corrected chi connectivity index (χ1v) is 13.1. The van der Waals surface area contributed by atoms with Crippen molar-refractivity contribution in [1.29, 1.82) is 0 Å². The summed E-state index contributed by atoms with van der Waals surface area (Å²) in [5.74, 6) is 0.319. The van der Waals surface area contributed by atoms with E-state index in [0.29, 0.717) is 31.7 Å². The lowest BCUT2D eigenvalue weighted by molar-refractivity contribution is -0.384. The molecule has 1 aromatic heterocycles. The monoisotopic (exact) mass is 558 g/mol. The highest BCUT2D eigenvalue weighted by Gasteiger charge is 2.29. The Morgan fingerprint density at radius 1 is 0.850 bits per heavy atom. The van der Waals surface area contributed by atoms with Crippen molar-refractivity contribution in [3.8, 4) is 22.7 Å². The number of ether oxygens (including phenoxy) is 1. The van der Waals surface area contributed by atoms with Crippen LogP contribution in [-0.4, -0.2) is 64.4 Å². The summed E-state index contributed by atoms with van der Waals surface area (Å²) in [7, 11) is 1.62. The Balaban J connectivity index is 1.38. The van der Waals surface area contributed by atoms with Crippen LogP contribution in [0, 0.1) is 17.0 Å². The van der Waals surface area contributed by atoms with Crippen molar-refractivity contribution in [3.05, 3.63) is 111 Å². The Hall–Kier alpha value is -4.63. The van der Waals surface area contributed by atoms with Crippen LogP contribution in [0.15, 0.2) is 78.9 Å². The van der Waals surface area contributed by atoms with Crippen LogP contribution >= 0.6 is 11.6 Å². The van der Waals surface area contributed by atoms with E-state index in [1.165, 1.54) is 18.2 Å². The van der Waals surface area contributed by atoms with Gasteiger partial charge in [0.25, 0.3) is 17.5 Å². The van der Waals surface area contributed by atoms with Gasteiger partial charge >= 0.3 is 0 Å². The fraction of sp³-hybridized carbons (Fsp3) is 0.200. The lowest BCUT2D eigenvalue weighted by atomic mass is 10.1. The number of halogens is 1. The molecule has 0 unspecified atom stereocenters. The van der Waals surface area contributed by atoms with Crippen LogP contribution in [0.4, 0.5) is 5.69 Å². The van der Waals surface area contributed by atoms with Crippen LogP contribution < -0.4 is 4.74 Å². The highest BCUT2D eigenvalue weighted by Crippen LogP contribution is 2.32. The Morgan fingerprint density at radius 3 is 2.00 bits per heavy atom. The van der Waals surface area contributed by atoms with E-state index >= 15 is 0 Å². The molecule has 3 aromatic carbocycles.